The van der Waals surface area contributed by atoms with Crippen LogP contribution in [-0.4, -0.2) is 14.2 Å². The molecular formula is C23H18Cl2N2O2. The predicted molar refractivity (Wildman–Crippen MR) is 117 cm³/mol. The van der Waals surface area contributed by atoms with E-state index in [1.165, 1.54) is 4.57 Å². The van der Waals surface area contributed by atoms with E-state index in [0.29, 0.717) is 34.4 Å². The third kappa shape index (κ3) is 4.09. The maximum atomic E-state index is 13.3. The molecule has 4 nitrogen and oxygen atoms in total. The normalized spacial score (nSPS) is 11.0. The Kier molecular flexibility index (Phi) is 5.47. The summed E-state index contributed by atoms with van der Waals surface area (Å²) in [5.41, 5.74) is 2.55. The fraction of sp³-hybridized carbons (Fsp3) is 0.0870. The van der Waals surface area contributed by atoms with Crippen LogP contribution in [0.4, 0.5) is 0 Å². The van der Waals surface area contributed by atoms with Crippen LogP contribution in [0.1, 0.15) is 16.8 Å². The fourth-order valence-electron chi connectivity index (χ4n) is 3.37. The van der Waals surface area contributed by atoms with Gasteiger partial charge in [0, 0.05) is 16.5 Å². The Balaban J connectivity index is 1.89. The lowest BCUT2D eigenvalue weighted by atomic mass is 10.1. The Bertz CT molecular complexity index is 1180. The first-order valence-electron chi connectivity index (χ1n) is 9.10. The Morgan fingerprint density at radius 3 is 1.93 bits per heavy atom. The first kappa shape index (κ1) is 19.4. The van der Waals surface area contributed by atoms with Crippen molar-refractivity contribution < 1.29 is 5.11 Å². The van der Waals surface area contributed by atoms with Crippen molar-refractivity contribution in [3.8, 4) is 11.6 Å². The highest BCUT2D eigenvalue weighted by molar-refractivity contribution is 6.34. The highest BCUT2D eigenvalue weighted by atomic mass is 35.5. The minimum atomic E-state index is -0.351. The Morgan fingerprint density at radius 2 is 1.34 bits per heavy atom. The van der Waals surface area contributed by atoms with Crippen LogP contribution in [0.3, 0.4) is 0 Å². The van der Waals surface area contributed by atoms with Crippen molar-refractivity contribution in [1.29, 1.82) is 0 Å². The van der Waals surface area contributed by atoms with E-state index in [-0.39, 0.29) is 11.6 Å². The van der Waals surface area contributed by atoms with E-state index >= 15 is 0 Å². The molecule has 0 aliphatic rings. The van der Waals surface area contributed by atoms with Gasteiger partial charge in [-0.25, -0.2) is 9.36 Å². The van der Waals surface area contributed by atoms with Gasteiger partial charge < -0.3 is 5.11 Å². The molecule has 0 saturated carbocycles. The topological polar surface area (TPSA) is 47.2 Å². The van der Waals surface area contributed by atoms with Gasteiger partial charge >= 0.3 is 5.69 Å². The summed E-state index contributed by atoms with van der Waals surface area (Å²) in [6, 6.07) is 24.2. The van der Waals surface area contributed by atoms with Gasteiger partial charge in [-0.3, -0.25) is 4.57 Å². The second-order valence-electron chi connectivity index (χ2n) is 6.75. The second kappa shape index (κ2) is 8.19. The summed E-state index contributed by atoms with van der Waals surface area (Å²) in [4.78, 5) is 13.3. The molecule has 4 aromatic rings. The zero-order valence-electron chi connectivity index (χ0n) is 15.4. The molecule has 0 saturated heterocycles. The summed E-state index contributed by atoms with van der Waals surface area (Å²) in [5, 5.41) is 11.8. The number of halogens is 2. The lowest BCUT2D eigenvalue weighted by Crippen LogP contribution is -2.24. The molecular weight excluding hydrogens is 407 g/mol. The van der Waals surface area contributed by atoms with E-state index in [1.807, 2.05) is 60.7 Å². The van der Waals surface area contributed by atoms with Crippen LogP contribution in [0, 0.1) is 0 Å². The fourth-order valence-corrected chi connectivity index (χ4v) is 3.88. The van der Waals surface area contributed by atoms with Crippen LogP contribution in [0.25, 0.3) is 5.69 Å². The maximum absolute atomic E-state index is 13.3. The SMILES string of the molecule is O=c1n(Cc2ccccc2)c(Cc2ccccc2)c(O)n1-c1cc(Cl)cc(Cl)c1. The number of aromatic nitrogens is 2. The van der Waals surface area contributed by atoms with E-state index < -0.39 is 0 Å². The molecule has 1 heterocycles. The summed E-state index contributed by atoms with van der Waals surface area (Å²) in [7, 11) is 0. The van der Waals surface area contributed by atoms with Gasteiger partial charge in [-0.2, -0.15) is 0 Å². The quantitative estimate of drug-likeness (QED) is 0.472. The van der Waals surface area contributed by atoms with Crippen molar-refractivity contribution in [2.75, 3.05) is 0 Å². The maximum Gasteiger partial charge on any atom is 0.336 e. The number of rotatable bonds is 5. The summed E-state index contributed by atoms with van der Waals surface area (Å²) >= 11 is 12.2. The standard InChI is InChI=1S/C23H18Cl2N2O2/c24-18-12-19(25)14-20(13-18)27-22(28)21(11-16-7-3-1-4-8-16)26(23(27)29)15-17-9-5-2-6-10-17/h1-10,12-14,28H,11,15H2. The average molecular weight is 425 g/mol. The van der Waals surface area contributed by atoms with Gasteiger partial charge in [0.15, 0.2) is 0 Å². The summed E-state index contributed by atoms with van der Waals surface area (Å²) in [6.07, 6.45) is 0.413. The second-order valence-corrected chi connectivity index (χ2v) is 7.62. The van der Waals surface area contributed by atoms with E-state index in [2.05, 4.69) is 0 Å². The molecule has 0 aliphatic carbocycles. The van der Waals surface area contributed by atoms with E-state index in [9.17, 15) is 9.90 Å². The Hall–Kier alpha value is -2.95. The molecule has 6 heteroatoms. The third-order valence-electron chi connectivity index (χ3n) is 4.72. The van der Waals surface area contributed by atoms with Crippen LogP contribution in [0.5, 0.6) is 5.88 Å². The lowest BCUT2D eigenvalue weighted by Gasteiger charge is -2.08. The Morgan fingerprint density at radius 1 is 0.793 bits per heavy atom. The first-order valence-corrected chi connectivity index (χ1v) is 9.86. The zero-order valence-corrected chi connectivity index (χ0v) is 16.9. The molecule has 0 atom stereocenters. The van der Waals surface area contributed by atoms with Crippen molar-refractivity contribution in [3.63, 3.8) is 0 Å². The number of imidazole rings is 1. The van der Waals surface area contributed by atoms with Crippen LogP contribution < -0.4 is 5.69 Å². The monoisotopic (exact) mass is 424 g/mol. The molecule has 1 aromatic heterocycles. The van der Waals surface area contributed by atoms with Gasteiger partial charge in [-0.15, -0.1) is 0 Å². The highest BCUT2D eigenvalue weighted by Gasteiger charge is 2.21. The predicted octanol–water partition coefficient (Wildman–Crippen LogP) is 5.29. The van der Waals surface area contributed by atoms with Crippen LogP contribution >= 0.6 is 23.2 Å². The summed E-state index contributed by atoms with van der Waals surface area (Å²) < 4.78 is 2.84. The first-order chi connectivity index (χ1) is 14.0. The van der Waals surface area contributed by atoms with Crippen molar-refractivity contribution in [1.82, 2.24) is 9.13 Å². The molecule has 0 radical (unpaired) electrons. The summed E-state index contributed by atoms with van der Waals surface area (Å²) in [6.45, 7) is 0.344. The molecule has 0 spiro atoms. The zero-order chi connectivity index (χ0) is 20.4. The minimum absolute atomic E-state index is 0.117. The Labute approximate surface area is 178 Å². The van der Waals surface area contributed by atoms with Gasteiger partial charge in [0.25, 0.3) is 0 Å². The molecule has 29 heavy (non-hydrogen) atoms. The van der Waals surface area contributed by atoms with Crippen LogP contribution in [0.2, 0.25) is 10.0 Å². The van der Waals surface area contributed by atoms with Crippen LogP contribution in [0.15, 0.2) is 83.7 Å². The van der Waals surface area contributed by atoms with E-state index in [0.717, 1.165) is 11.1 Å². The van der Waals surface area contributed by atoms with Gasteiger partial charge in [0.1, 0.15) is 0 Å². The van der Waals surface area contributed by atoms with E-state index in [1.54, 1.807) is 22.8 Å². The largest absolute Gasteiger partial charge is 0.493 e. The molecule has 1 N–H and O–H groups in total. The molecule has 4 rings (SSSR count). The average Bonchev–Trinajstić information content (AvgIpc) is 2.93. The number of hydrogen-bond donors (Lipinski definition) is 1. The van der Waals surface area contributed by atoms with Gasteiger partial charge in [0.2, 0.25) is 5.88 Å². The molecule has 0 unspecified atom stereocenters. The number of nitrogens with zero attached hydrogens (tertiary/aromatic N) is 2. The molecule has 0 amide bonds. The van der Waals surface area contributed by atoms with Crippen molar-refractivity contribution in [2.24, 2.45) is 0 Å². The van der Waals surface area contributed by atoms with Crippen molar-refractivity contribution in [3.05, 3.63) is 116 Å². The van der Waals surface area contributed by atoms with Gasteiger partial charge in [0.05, 0.1) is 17.9 Å². The third-order valence-corrected chi connectivity index (χ3v) is 5.16. The van der Waals surface area contributed by atoms with Gasteiger partial charge in [-0.1, -0.05) is 83.9 Å². The van der Waals surface area contributed by atoms with Crippen molar-refractivity contribution in [2.45, 2.75) is 13.0 Å². The molecule has 0 fully saturated rings. The van der Waals surface area contributed by atoms with Gasteiger partial charge in [-0.05, 0) is 29.3 Å². The smallest absolute Gasteiger partial charge is 0.336 e. The van der Waals surface area contributed by atoms with Crippen LogP contribution in [-0.2, 0) is 13.0 Å². The minimum Gasteiger partial charge on any atom is -0.493 e. The lowest BCUT2D eigenvalue weighted by molar-refractivity contribution is 0.435. The number of aromatic hydroxyl groups is 1. The molecule has 3 aromatic carbocycles. The van der Waals surface area contributed by atoms with E-state index in [4.69, 9.17) is 23.2 Å². The molecule has 146 valence electrons. The number of hydrogen-bond acceptors (Lipinski definition) is 2. The number of benzene rings is 3. The molecule has 0 aliphatic heterocycles. The van der Waals surface area contributed by atoms with Crippen molar-refractivity contribution >= 4 is 23.2 Å². The molecule has 0 bridgehead atoms. The highest BCUT2D eigenvalue weighted by Crippen LogP contribution is 2.27. The summed E-state index contributed by atoms with van der Waals surface area (Å²) in [5.74, 6) is -0.117.